The van der Waals surface area contributed by atoms with Gasteiger partial charge in [0, 0.05) is 12.8 Å². The predicted molar refractivity (Wildman–Crippen MR) is 82.2 cm³/mol. The molecule has 1 saturated heterocycles. The number of nitrogens with one attached hydrogen (secondary N) is 1. The van der Waals surface area contributed by atoms with Crippen LogP contribution in [0.25, 0.3) is 0 Å². The molecule has 0 aromatic heterocycles. The van der Waals surface area contributed by atoms with E-state index in [2.05, 4.69) is 5.32 Å². The summed E-state index contributed by atoms with van der Waals surface area (Å²) in [5, 5.41) is 34.6. The van der Waals surface area contributed by atoms with Crippen molar-refractivity contribution < 1.29 is 44.4 Å². The second-order valence-electron chi connectivity index (χ2n) is 4.96. The summed E-state index contributed by atoms with van der Waals surface area (Å²) in [5.74, 6) is -3.93. The van der Waals surface area contributed by atoms with Gasteiger partial charge in [0.2, 0.25) is 11.8 Å². The van der Waals surface area contributed by atoms with Gasteiger partial charge in [-0.25, -0.2) is 9.59 Å². The fourth-order valence-electron chi connectivity index (χ4n) is 1.22. The molecule has 0 bridgehead atoms. The third-order valence-corrected chi connectivity index (χ3v) is 2.67. The quantitative estimate of drug-likeness (QED) is 0.260. The summed E-state index contributed by atoms with van der Waals surface area (Å²) in [6, 6.07) is -1.62. The van der Waals surface area contributed by atoms with Crippen LogP contribution >= 0.6 is 0 Å². The molecule has 1 rings (SSSR count). The normalized spacial score (nSPS) is 17.6. The second-order valence-corrected chi connectivity index (χ2v) is 4.96. The standard InChI is InChI=1S/C5H10N2O3.C5H7NO3.C3H6O3/c6-3(5(9)10)1-2-4(7)8;7-4-2-1-3(6-4)5(8)9;1-2(4)3(5)6/h3H,1-2,6H2,(H2,7,8)(H,9,10);3H,1-2H2,(H,6,7)(H,8,9);2,4H,1H3,(H,5,6)/t2*3-;/m00./s1. The first kappa shape index (κ1) is 24.5. The highest BCUT2D eigenvalue weighted by molar-refractivity contribution is 5.87. The van der Waals surface area contributed by atoms with Crippen LogP contribution in [0.15, 0.2) is 0 Å². The molecule has 12 heteroatoms. The number of aliphatic hydroxyl groups is 1. The van der Waals surface area contributed by atoms with E-state index in [0.29, 0.717) is 12.8 Å². The molecule has 1 fully saturated rings. The van der Waals surface area contributed by atoms with E-state index in [4.69, 9.17) is 31.9 Å². The largest absolute Gasteiger partial charge is 0.480 e. The number of rotatable bonds is 6. The van der Waals surface area contributed by atoms with Crippen molar-refractivity contribution in [3.8, 4) is 0 Å². The molecule has 144 valence electrons. The Labute approximate surface area is 142 Å². The summed E-state index contributed by atoms with van der Waals surface area (Å²) in [4.78, 5) is 50.1. The maximum atomic E-state index is 10.4. The van der Waals surface area contributed by atoms with Crippen LogP contribution in [0.5, 0.6) is 0 Å². The van der Waals surface area contributed by atoms with E-state index >= 15 is 0 Å². The summed E-state index contributed by atoms with van der Waals surface area (Å²) < 4.78 is 0. The van der Waals surface area contributed by atoms with Crippen LogP contribution < -0.4 is 16.8 Å². The summed E-state index contributed by atoms with van der Waals surface area (Å²) in [6.07, 6.45) is -0.339. The third kappa shape index (κ3) is 14.6. The van der Waals surface area contributed by atoms with Gasteiger partial charge in [-0.05, 0) is 19.8 Å². The van der Waals surface area contributed by atoms with Crippen molar-refractivity contribution in [2.45, 2.75) is 50.8 Å². The minimum Gasteiger partial charge on any atom is -0.480 e. The van der Waals surface area contributed by atoms with Crippen LogP contribution in [0.1, 0.15) is 32.6 Å². The fourth-order valence-corrected chi connectivity index (χ4v) is 1.22. The zero-order chi connectivity index (χ0) is 20.2. The van der Waals surface area contributed by atoms with E-state index in [1.807, 2.05) is 0 Å². The number of aliphatic carboxylic acids is 3. The molecular weight excluding hydrogens is 342 g/mol. The van der Waals surface area contributed by atoms with Crippen LogP contribution in [-0.2, 0) is 24.0 Å². The van der Waals surface area contributed by atoms with E-state index in [9.17, 15) is 24.0 Å². The highest BCUT2D eigenvalue weighted by atomic mass is 16.4. The molecule has 2 amide bonds. The van der Waals surface area contributed by atoms with Crippen molar-refractivity contribution >= 4 is 29.7 Å². The van der Waals surface area contributed by atoms with Gasteiger partial charge in [-0.15, -0.1) is 0 Å². The number of carboxylic acid groups (broad SMARTS) is 3. The number of aliphatic hydroxyl groups excluding tert-OH is 1. The molecule has 1 heterocycles. The summed E-state index contributed by atoms with van der Waals surface area (Å²) in [5.41, 5.74) is 9.81. The van der Waals surface area contributed by atoms with Crippen LogP contribution in [-0.4, -0.2) is 68.3 Å². The first-order chi connectivity index (χ1) is 11.4. The van der Waals surface area contributed by atoms with E-state index in [0.717, 1.165) is 0 Å². The predicted octanol–water partition coefficient (Wildman–Crippen LogP) is -2.53. The zero-order valence-corrected chi connectivity index (χ0v) is 13.5. The molecule has 9 N–H and O–H groups in total. The van der Waals surface area contributed by atoms with Gasteiger partial charge in [0.25, 0.3) is 0 Å². The molecule has 0 aromatic rings. The zero-order valence-electron chi connectivity index (χ0n) is 13.5. The molecule has 25 heavy (non-hydrogen) atoms. The van der Waals surface area contributed by atoms with E-state index in [1.165, 1.54) is 6.92 Å². The molecule has 0 aliphatic carbocycles. The van der Waals surface area contributed by atoms with E-state index in [-0.39, 0.29) is 18.7 Å². The first-order valence-electron chi connectivity index (χ1n) is 7.08. The Morgan fingerprint density at radius 1 is 1.20 bits per heavy atom. The van der Waals surface area contributed by atoms with Gasteiger partial charge >= 0.3 is 17.9 Å². The van der Waals surface area contributed by atoms with Crippen LogP contribution in [0.3, 0.4) is 0 Å². The van der Waals surface area contributed by atoms with Gasteiger partial charge in [-0.1, -0.05) is 0 Å². The topological polar surface area (TPSA) is 230 Å². The van der Waals surface area contributed by atoms with Crippen molar-refractivity contribution in [3.05, 3.63) is 0 Å². The SMILES string of the molecule is CC(O)C(=O)O.NC(=O)CC[C@H](N)C(=O)O.O=C1CC[C@@H](C(=O)O)N1. The minimum absolute atomic E-state index is 0.0213. The van der Waals surface area contributed by atoms with Gasteiger partial charge < -0.3 is 37.2 Å². The summed E-state index contributed by atoms with van der Waals surface area (Å²) in [7, 11) is 0. The van der Waals surface area contributed by atoms with E-state index < -0.39 is 42.0 Å². The molecule has 3 atom stereocenters. The number of nitrogens with two attached hydrogens (primary N) is 2. The lowest BCUT2D eigenvalue weighted by Gasteiger charge is -2.01. The highest BCUT2D eigenvalue weighted by Gasteiger charge is 2.26. The average Bonchev–Trinajstić information content (AvgIpc) is 2.92. The number of carbonyl (C=O) groups excluding carboxylic acids is 2. The molecular formula is C13H23N3O9. The lowest BCUT2D eigenvalue weighted by Crippen LogP contribution is -2.32. The highest BCUT2D eigenvalue weighted by Crippen LogP contribution is 2.05. The molecule has 1 aliphatic heterocycles. The van der Waals surface area contributed by atoms with Gasteiger partial charge in [-0.3, -0.25) is 14.4 Å². The van der Waals surface area contributed by atoms with Crippen LogP contribution in [0.2, 0.25) is 0 Å². The van der Waals surface area contributed by atoms with Crippen molar-refractivity contribution in [2.24, 2.45) is 11.5 Å². The maximum Gasteiger partial charge on any atom is 0.332 e. The lowest BCUT2D eigenvalue weighted by molar-refractivity contribution is -0.145. The van der Waals surface area contributed by atoms with Crippen LogP contribution in [0.4, 0.5) is 0 Å². The Kier molecular flexibility index (Phi) is 12.4. The molecule has 0 spiro atoms. The second kappa shape index (κ2) is 12.7. The molecule has 12 nitrogen and oxygen atoms in total. The van der Waals surface area contributed by atoms with Gasteiger partial charge in [-0.2, -0.15) is 0 Å². The molecule has 0 aromatic carbocycles. The van der Waals surface area contributed by atoms with Crippen LogP contribution in [0, 0.1) is 0 Å². The molecule has 0 radical (unpaired) electrons. The first-order valence-corrected chi connectivity index (χ1v) is 7.08. The minimum atomic E-state index is -1.23. The van der Waals surface area contributed by atoms with Crippen molar-refractivity contribution in [3.63, 3.8) is 0 Å². The maximum absolute atomic E-state index is 10.4. The summed E-state index contributed by atoms with van der Waals surface area (Å²) >= 11 is 0. The Balaban J connectivity index is 0. The Hall–Kier alpha value is -2.73. The van der Waals surface area contributed by atoms with Crippen molar-refractivity contribution in [1.82, 2.24) is 5.32 Å². The lowest BCUT2D eigenvalue weighted by atomic mass is 10.2. The summed E-state index contributed by atoms with van der Waals surface area (Å²) in [6.45, 7) is 1.20. The Morgan fingerprint density at radius 3 is 1.88 bits per heavy atom. The molecule has 0 saturated carbocycles. The van der Waals surface area contributed by atoms with E-state index in [1.54, 1.807) is 0 Å². The Bertz CT molecular complexity index is 493. The molecule has 1 aliphatic rings. The third-order valence-electron chi connectivity index (χ3n) is 2.67. The van der Waals surface area contributed by atoms with Crippen molar-refractivity contribution in [1.29, 1.82) is 0 Å². The smallest absolute Gasteiger partial charge is 0.332 e. The number of carbonyl (C=O) groups is 5. The number of hydrogen-bond donors (Lipinski definition) is 7. The van der Waals surface area contributed by atoms with Gasteiger partial charge in [0.15, 0.2) is 0 Å². The fraction of sp³-hybridized carbons (Fsp3) is 0.615. The monoisotopic (exact) mass is 365 g/mol. The number of hydrogen-bond acceptors (Lipinski definition) is 7. The molecule has 1 unspecified atom stereocenters. The van der Waals surface area contributed by atoms with Crippen molar-refractivity contribution in [2.75, 3.05) is 0 Å². The number of amides is 2. The average molecular weight is 365 g/mol. The number of carboxylic acids is 3. The van der Waals surface area contributed by atoms with Gasteiger partial charge in [0.05, 0.1) is 0 Å². The number of primary amides is 1. The Morgan fingerprint density at radius 2 is 1.68 bits per heavy atom. The van der Waals surface area contributed by atoms with Gasteiger partial charge in [0.1, 0.15) is 18.2 Å².